The Morgan fingerprint density at radius 1 is 1.38 bits per heavy atom. The first-order valence-corrected chi connectivity index (χ1v) is 9.04. The average Bonchev–Trinajstić information content (AvgIpc) is 3.24. The number of nitrogen functional groups attached to an aromatic ring is 1. The molecule has 3 N–H and O–H groups in total. The molecule has 3 aromatic rings. The number of nitrogens with zero attached hydrogens (tertiary/aromatic N) is 4. The van der Waals surface area contributed by atoms with E-state index in [2.05, 4.69) is 20.6 Å². The molecule has 24 heavy (non-hydrogen) atoms. The molecule has 2 aromatic heterocycles. The Balaban J connectivity index is 1.64. The molecule has 0 fully saturated rings. The molecule has 9 heteroatoms. The molecule has 7 nitrogen and oxygen atoms in total. The van der Waals surface area contributed by atoms with Crippen LogP contribution in [0.5, 0.6) is 0 Å². The molecule has 124 valence electrons. The van der Waals surface area contributed by atoms with Gasteiger partial charge in [-0.25, -0.2) is 4.68 Å². The normalized spacial score (nSPS) is 12.0. The molecule has 0 saturated heterocycles. The zero-order valence-corrected chi connectivity index (χ0v) is 14.5. The third-order valence-electron chi connectivity index (χ3n) is 3.28. The number of aromatic nitrogens is 4. The summed E-state index contributed by atoms with van der Waals surface area (Å²) >= 11 is 2.60. The molecule has 3 rings (SSSR count). The molecule has 0 aliphatic rings. The van der Waals surface area contributed by atoms with Crippen LogP contribution in [0, 0.1) is 0 Å². The van der Waals surface area contributed by atoms with E-state index >= 15 is 0 Å². The summed E-state index contributed by atoms with van der Waals surface area (Å²) in [5.41, 5.74) is 7.47. The van der Waals surface area contributed by atoms with Crippen molar-refractivity contribution in [1.29, 1.82) is 0 Å². The number of hydrogen-bond acceptors (Lipinski definition) is 7. The van der Waals surface area contributed by atoms with E-state index in [0.29, 0.717) is 9.47 Å². The second kappa shape index (κ2) is 7.45. The lowest BCUT2D eigenvalue weighted by Crippen LogP contribution is -2.28. The first kappa shape index (κ1) is 16.5. The monoisotopic (exact) mass is 360 g/mol. The summed E-state index contributed by atoms with van der Waals surface area (Å²) < 4.78 is 2.48. The van der Waals surface area contributed by atoms with Crippen molar-refractivity contribution in [2.45, 2.75) is 17.3 Å². The van der Waals surface area contributed by atoms with Crippen LogP contribution < -0.4 is 11.1 Å². The van der Waals surface area contributed by atoms with E-state index < -0.39 is 0 Å². The fraction of sp³-hybridized carbons (Fsp3) is 0.200. The maximum Gasteiger partial charge on any atom is 0.230 e. The Morgan fingerprint density at radius 3 is 2.92 bits per heavy atom. The highest BCUT2D eigenvalue weighted by atomic mass is 32.2. The number of nitrogens with two attached hydrogens (primary N) is 1. The Kier molecular flexibility index (Phi) is 5.11. The van der Waals surface area contributed by atoms with Gasteiger partial charge in [0.2, 0.25) is 11.0 Å². The zero-order chi connectivity index (χ0) is 16.9. The van der Waals surface area contributed by atoms with Crippen LogP contribution in [0.15, 0.2) is 47.1 Å². The number of thioether (sulfide) groups is 1. The number of amides is 1. The molecular weight excluding hydrogens is 344 g/mol. The second-order valence-electron chi connectivity index (χ2n) is 4.99. The third-order valence-corrected chi connectivity index (χ3v) is 5.17. The summed E-state index contributed by atoms with van der Waals surface area (Å²) in [6.45, 7) is 1.95. The third kappa shape index (κ3) is 3.92. The number of carbonyl (C=O) groups is 1. The van der Waals surface area contributed by atoms with E-state index in [0.717, 1.165) is 11.3 Å². The number of hydrogen-bond donors (Lipinski definition) is 2. The van der Waals surface area contributed by atoms with E-state index in [4.69, 9.17) is 5.73 Å². The molecule has 0 aliphatic carbocycles. The van der Waals surface area contributed by atoms with Gasteiger partial charge in [0.25, 0.3) is 0 Å². The standard InChI is InChI=1S/C15H16N6OS2/c1-10(18-13(22)9-23-15-20-19-14(16)24-15)11-5-2-3-6-12(11)21-8-4-7-17-21/h2-8,10H,9H2,1H3,(H2,16,19)(H,18,22)/t10-/m1/s1. The van der Waals surface area contributed by atoms with Crippen molar-refractivity contribution in [1.82, 2.24) is 25.3 Å². The molecular formula is C15H16N6OS2. The van der Waals surface area contributed by atoms with Crippen LogP contribution in [-0.2, 0) is 4.79 Å². The smallest absolute Gasteiger partial charge is 0.230 e. The van der Waals surface area contributed by atoms with E-state index in [9.17, 15) is 4.79 Å². The first-order valence-electron chi connectivity index (χ1n) is 7.23. The predicted molar refractivity (Wildman–Crippen MR) is 95.2 cm³/mol. The molecule has 1 atom stereocenters. The minimum absolute atomic E-state index is 0.0726. The number of nitrogens with one attached hydrogen (secondary N) is 1. The highest BCUT2D eigenvalue weighted by molar-refractivity contribution is 8.01. The van der Waals surface area contributed by atoms with Gasteiger partial charge in [-0.15, -0.1) is 10.2 Å². The number of rotatable bonds is 6. The summed E-state index contributed by atoms with van der Waals surface area (Å²) in [6, 6.07) is 9.58. The number of para-hydroxylation sites is 1. The molecule has 1 aromatic carbocycles. The minimum Gasteiger partial charge on any atom is -0.374 e. The maximum atomic E-state index is 12.2. The van der Waals surface area contributed by atoms with Crippen molar-refractivity contribution < 1.29 is 4.79 Å². The highest BCUT2D eigenvalue weighted by Gasteiger charge is 2.15. The van der Waals surface area contributed by atoms with Crippen LogP contribution in [0.1, 0.15) is 18.5 Å². The predicted octanol–water partition coefficient (Wildman–Crippen LogP) is 2.28. The van der Waals surface area contributed by atoms with Gasteiger partial charge in [-0.05, 0) is 24.6 Å². The van der Waals surface area contributed by atoms with Crippen LogP contribution in [-0.4, -0.2) is 31.6 Å². The van der Waals surface area contributed by atoms with Crippen molar-refractivity contribution in [3.8, 4) is 5.69 Å². The van der Waals surface area contributed by atoms with E-state index in [1.54, 1.807) is 10.9 Å². The van der Waals surface area contributed by atoms with Crippen LogP contribution in [0.4, 0.5) is 5.13 Å². The number of benzene rings is 1. The second-order valence-corrected chi connectivity index (χ2v) is 7.23. The zero-order valence-electron chi connectivity index (χ0n) is 12.9. The SMILES string of the molecule is C[C@@H](NC(=O)CSc1nnc(N)s1)c1ccccc1-n1cccn1. The van der Waals surface area contributed by atoms with E-state index in [1.165, 1.54) is 23.1 Å². The van der Waals surface area contributed by atoms with Gasteiger partial charge in [0, 0.05) is 12.4 Å². The topological polar surface area (TPSA) is 98.7 Å². The Morgan fingerprint density at radius 2 is 2.21 bits per heavy atom. The summed E-state index contributed by atoms with van der Waals surface area (Å²) in [4.78, 5) is 12.2. The molecule has 1 amide bonds. The van der Waals surface area contributed by atoms with Crippen molar-refractivity contribution in [2.24, 2.45) is 0 Å². The lowest BCUT2D eigenvalue weighted by molar-refractivity contribution is -0.119. The Hall–Kier alpha value is -2.39. The molecule has 0 unspecified atom stereocenters. The fourth-order valence-electron chi connectivity index (χ4n) is 2.24. The number of anilines is 1. The Labute approximate surface area is 147 Å². The summed E-state index contributed by atoms with van der Waals surface area (Å²) in [5, 5.41) is 15.3. The average molecular weight is 360 g/mol. The summed E-state index contributed by atoms with van der Waals surface area (Å²) in [6.07, 6.45) is 3.60. The van der Waals surface area contributed by atoms with Crippen molar-refractivity contribution in [3.05, 3.63) is 48.3 Å². The lowest BCUT2D eigenvalue weighted by Gasteiger charge is -2.17. The summed E-state index contributed by atoms with van der Waals surface area (Å²) in [7, 11) is 0. The highest BCUT2D eigenvalue weighted by Crippen LogP contribution is 2.24. The van der Waals surface area contributed by atoms with Crippen molar-refractivity contribution in [2.75, 3.05) is 11.5 Å². The van der Waals surface area contributed by atoms with Crippen LogP contribution in [0.2, 0.25) is 0 Å². The van der Waals surface area contributed by atoms with Gasteiger partial charge in [-0.1, -0.05) is 41.3 Å². The van der Waals surface area contributed by atoms with E-state index in [1.807, 2.05) is 43.5 Å². The largest absolute Gasteiger partial charge is 0.374 e. The van der Waals surface area contributed by atoms with Crippen LogP contribution in [0.25, 0.3) is 5.69 Å². The van der Waals surface area contributed by atoms with Gasteiger partial charge in [-0.2, -0.15) is 5.10 Å². The maximum absolute atomic E-state index is 12.2. The lowest BCUT2D eigenvalue weighted by atomic mass is 10.1. The molecule has 0 spiro atoms. The van der Waals surface area contributed by atoms with Crippen molar-refractivity contribution >= 4 is 34.1 Å². The molecule has 0 aliphatic heterocycles. The van der Waals surface area contributed by atoms with Gasteiger partial charge < -0.3 is 11.1 Å². The number of carbonyl (C=O) groups excluding carboxylic acids is 1. The summed E-state index contributed by atoms with van der Waals surface area (Å²) in [5.74, 6) is 0.194. The molecule has 2 heterocycles. The quantitative estimate of drug-likeness (QED) is 0.654. The Bertz CT molecular complexity index is 817. The van der Waals surface area contributed by atoms with Crippen LogP contribution in [0.3, 0.4) is 0 Å². The minimum atomic E-state index is -0.141. The molecule has 0 bridgehead atoms. The molecule has 0 saturated carbocycles. The first-order chi connectivity index (χ1) is 11.6. The van der Waals surface area contributed by atoms with Gasteiger partial charge >= 0.3 is 0 Å². The van der Waals surface area contributed by atoms with Crippen molar-refractivity contribution in [3.63, 3.8) is 0 Å². The van der Waals surface area contributed by atoms with E-state index in [-0.39, 0.29) is 17.7 Å². The van der Waals surface area contributed by atoms with Gasteiger partial charge in [0.1, 0.15) is 0 Å². The van der Waals surface area contributed by atoms with Gasteiger partial charge in [0.05, 0.1) is 17.5 Å². The fourth-order valence-corrected chi connectivity index (χ4v) is 3.69. The van der Waals surface area contributed by atoms with Gasteiger partial charge in [0.15, 0.2) is 4.34 Å². The molecule has 0 radical (unpaired) electrons. The van der Waals surface area contributed by atoms with Crippen LogP contribution >= 0.6 is 23.1 Å². The van der Waals surface area contributed by atoms with Gasteiger partial charge in [-0.3, -0.25) is 4.79 Å².